The van der Waals surface area contributed by atoms with Crippen LogP contribution in [-0.4, -0.2) is 11.0 Å². The van der Waals surface area contributed by atoms with E-state index in [0.717, 1.165) is 5.92 Å². The molecule has 0 radical (unpaired) electrons. The summed E-state index contributed by atoms with van der Waals surface area (Å²) in [6.07, 6.45) is 7.79. The Kier molecular flexibility index (Phi) is 2.71. The molecule has 1 fully saturated rings. The molecule has 17 heavy (non-hydrogen) atoms. The molecule has 1 N–H and O–H groups in total. The maximum Gasteiger partial charge on any atom is 0.0423 e. The number of hydrogen-bond acceptors (Lipinski definition) is 2. The van der Waals surface area contributed by atoms with Crippen LogP contribution in [0.4, 0.5) is 5.69 Å². The maximum atomic E-state index is 4.17. The van der Waals surface area contributed by atoms with Crippen LogP contribution in [0.3, 0.4) is 0 Å². The Balaban J connectivity index is 1.94. The standard InChI is InChI=1S/C15H18N2/c1-11-4-2-6-14(11)17-15-7-3-5-12-10-16-9-8-13(12)15/h3,5,7-11,14,17H,2,4,6H2,1H3. The van der Waals surface area contributed by atoms with E-state index in [0.29, 0.717) is 6.04 Å². The number of benzene rings is 1. The molecule has 88 valence electrons. The molecule has 0 aliphatic heterocycles. The number of fused-ring (bicyclic) bond motifs is 1. The predicted octanol–water partition coefficient (Wildman–Crippen LogP) is 3.84. The summed E-state index contributed by atoms with van der Waals surface area (Å²) < 4.78 is 0. The van der Waals surface area contributed by atoms with Crippen LogP contribution < -0.4 is 5.32 Å². The van der Waals surface area contributed by atoms with Gasteiger partial charge in [0.2, 0.25) is 0 Å². The highest BCUT2D eigenvalue weighted by molar-refractivity contribution is 5.93. The largest absolute Gasteiger partial charge is 0.382 e. The normalized spacial score (nSPS) is 24.1. The number of pyridine rings is 1. The molecule has 0 bridgehead atoms. The van der Waals surface area contributed by atoms with Gasteiger partial charge in [-0.25, -0.2) is 0 Å². The van der Waals surface area contributed by atoms with Gasteiger partial charge in [0.25, 0.3) is 0 Å². The molecule has 2 nitrogen and oxygen atoms in total. The van der Waals surface area contributed by atoms with Gasteiger partial charge in [0.15, 0.2) is 0 Å². The molecule has 1 aromatic carbocycles. The molecular weight excluding hydrogens is 208 g/mol. The SMILES string of the molecule is CC1CCCC1Nc1cccc2cnccc12. The number of hydrogen-bond donors (Lipinski definition) is 1. The Hall–Kier alpha value is -1.57. The first-order chi connectivity index (χ1) is 8.34. The van der Waals surface area contributed by atoms with Crippen LogP contribution in [0, 0.1) is 5.92 Å². The second kappa shape index (κ2) is 4.36. The summed E-state index contributed by atoms with van der Waals surface area (Å²) in [4.78, 5) is 4.17. The van der Waals surface area contributed by atoms with Crippen molar-refractivity contribution in [2.24, 2.45) is 5.92 Å². The summed E-state index contributed by atoms with van der Waals surface area (Å²) in [7, 11) is 0. The van der Waals surface area contributed by atoms with Crippen molar-refractivity contribution in [3.63, 3.8) is 0 Å². The molecule has 2 atom stereocenters. The van der Waals surface area contributed by atoms with E-state index in [2.05, 4.69) is 41.5 Å². The summed E-state index contributed by atoms with van der Waals surface area (Å²) in [5.74, 6) is 0.784. The quantitative estimate of drug-likeness (QED) is 0.841. The average Bonchev–Trinajstić information content (AvgIpc) is 2.76. The fourth-order valence-corrected chi connectivity index (χ4v) is 2.81. The Morgan fingerprint density at radius 1 is 1.24 bits per heavy atom. The molecule has 1 saturated carbocycles. The van der Waals surface area contributed by atoms with Gasteiger partial charge in [0.05, 0.1) is 0 Å². The highest BCUT2D eigenvalue weighted by atomic mass is 14.9. The molecule has 0 amide bonds. The zero-order valence-electron chi connectivity index (χ0n) is 10.2. The summed E-state index contributed by atoms with van der Waals surface area (Å²) in [6.45, 7) is 2.34. The van der Waals surface area contributed by atoms with Crippen LogP contribution in [0.1, 0.15) is 26.2 Å². The number of anilines is 1. The Labute approximate surface area is 102 Å². The molecule has 1 aliphatic carbocycles. The topological polar surface area (TPSA) is 24.9 Å². The number of nitrogens with zero attached hydrogens (tertiary/aromatic N) is 1. The third-order valence-electron chi connectivity index (χ3n) is 3.88. The zero-order valence-corrected chi connectivity index (χ0v) is 10.2. The van der Waals surface area contributed by atoms with Crippen molar-refractivity contribution in [2.45, 2.75) is 32.2 Å². The fraction of sp³-hybridized carbons (Fsp3) is 0.400. The van der Waals surface area contributed by atoms with Gasteiger partial charge in [-0.2, -0.15) is 0 Å². The Bertz CT molecular complexity index is 516. The lowest BCUT2D eigenvalue weighted by molar-refractivity contribution is 0.557. The van der Waals surface area contributed by atoms with Crippen molar-refractivity contribution in [2.75, 3.05) is 5.32 Å². The molecular formula is C15H18N2. The highest BCUT2D eigenvalue weighted by Gasteiger charge is 2.23. The first kappa shape index (κ1) is 10.6. The van der Waals surface area contributed by atoms with Crippen LogP contribution in [0.15, 0.2) is 36.7 Å². The zero-order chi connectivity index (χ0) is 11.7. The van der Waals surface area contributed by atoms with E-state index in [4.69, 9.17) is 0 Å². The van der Waals surface area contributed by atoms with Gasteiger partial charge >= 0.3 is 0 Å². The number of rotatable bonds is 2. The van der Waals surface area contributed by atoms with Crippen molar-refractivity contribution in [3.05, 3.63) is 36.7 Å². The Morgan fingerprint density at radius 2 is 2.18 bits per heavy atom. The van der Waals surface area contributed by atoms with Crippen LogP contribution in [0.2, 0.25) is 0 Å². The first-order valence-corrected chi connectivity index (χ1v) is 6.44. The van der Waals surface area contributed by atoms with Gasteiger partial charge in [-0.15, -0.1) is 0 Å². The lowest BCUT2D eigenvalue weighted by Crippen LogP contribution is -2.21. The van der Waals surface area contributed by atoms with Crippen LogP contribution >= 0.6 is 0 Å². The fourth-order valence-electron chi connectivity index (χ4n) is 2.81. The molecule has 3 rings (SSSR count). The van der Waals surface area contributed by atoms with E-state index in [-0.39, 0.29) is 0 Å². The molecule has 0 spiro atoms. The van der Waals surface area contributed by atoms with E-state index >= 15 is 0 Å². The number of nitrogens with one attached hydrogen (secondary N) is 1. The highest BCUT2D eigenvalue weighted by Crippen LogP contribution is 2.30. The minimum absolute atomic E-state index is 0.633. The summed E-state index contributed by atoms with van der Waals surface area (Å²) in [5, 5.41) is 6.20. The van der Waals surface area contributed by atoms with Gasteiger partial charge in [-0.1, -0.05) is 25.5 Å². The van der Waals surface area contributed by atoms with E-state index in [1.54, 1.807) is 0 Å². The van der Waals surface area contributed by atoms with E-state index in [9.17, 15) is 0 Å². The predicted molar refractivity (Wildman–Crippen MR) is 72.2 cm³/mol. The summed E-state index contributed by atoms with van der Waals surface area (Å²) in [6, 6.07) is 9.12. The van der Waals surface area contributed by atoms with Gasteiger partial charge in [0.1, 0.15) is 0 Å². The van der Waals surface area contributed by atoms with Gasteiger partial charge < -0.3 is 5.32 Å². The van der Waals surface area contributed by atoms with Crippen molar-refractivity contribution in [1.29, 1.82) is 0 Å². The van der Waals surface area contributed by atoms with Crippen molar-refractivity contribution in [1.82, 2.24) is 4.98 Å². The van der Waals surface area contributed by atoms with Crippen LogP contribution in [0.25, 0.3) is 10.8 Å². The van der Waals surface area contributed by atoms with Crippen LogP contribution in [0.5, 0.6) is 0 Å². The minimum Gasteiger partial charge on any atom is -0.382 e. The lowest BCUT2D eigenvalue weighted by atomic mass is 10.0. The molecule has 1 aromatic heterocycles. The average molecular weight is 226 g/mol. The third kappa shape index (κ3) is 1.99. The molecule has 1 heterocycles. The molecule has 2 heteroatoms. The van der Waals surface area contributed by atoms with Gasteiger partial charge in [0, 0.05) is 34.9 Å². The van der Waals surface area contributed by atoms with Gasteiger partial charge in [-0.05, 0) is 30.9 Å². The van der Waals surface area contributed by atoms with E-state index < -0.39 is 0 Å². The summed E-state index contributed by atoms with van der Waals surface area (Å²) in [5.41, 5.74) is 1.25. The van der Waals surface area contributed by atoms with Crippen LogP contribution in [-0.2, 0) is 0 Å². The van der Waals surface area contributed by atoms with E-state index in [1.165, 1.54) is 35.7 Å². The first-order valence-electron chi connectivity index (χ1n) is 6.44. The monoisotopic (exact) mass is 226 g/mol. The minimum atomic E-state index is 0.633. The van der Waals surface area contributed by atoms with Crippen molar-refractivity contribution >= 4 is 16.5 Å². The molecule has 1 aliphatic rings. The second-order valence-electron chi connectivity index (χ2n) is 5.06. The van der Waals surface area contributed by atoms with E-state index in [1.807, 2.05) is 12.4 Å². The Morgan fingerprint density at radius 3 is 3.00 bits per heavy atom. The maximum absolute atomic E-state index is 4.17. The smallest absolute Gasteiger partial charge is 0.0423 e. The van der Waals surface area contributed by atoms with Crippen molar-refractivity contribution < 1.29 is 0 Å². The third-order valence-corrected chi connectivity index (χ3v) is 3.88. The molecule has 0 saturated heterocycles. The number of aromatic nitrogens is 1. The second-order valence-corrected chi connectivity index (χ2v) is 5.06. The van der Waals surface area contributed by atoms with Gasteiger partial charge in [-0.3, -0.25) is 4.98 Å². The molecule has 2 unspecified atom stereocenters. The lowest BCUT2D eigenvalue weighted by Gasteiger charge is -2.19. The summed E-state index contributed by atoms with van der Waals surface area (Å²) >= 11 is 0. The van der Waals surface area contributed by atoms with Crippen molar-refractivity contribution in [3.8, 4) is 0 Å². The molecule has 2 aromatic rings.